The number of hydrogen-bond donors (Lipinski definition) is 1. The highest BCUT2D eigenvalue weighted by atomic mass is 32.1. The molecule has 8 nitrogen and oxygen atoms in total. The molecule has 4 rings (SSSR count). The molecule has 0 radical (unpaired) electrons. The first-order valence-corrected chi connectivity index (χ1v) is 10.3. The molecule has 1 aromatic heterocycles. The van der Waals surface area contributed by atoms with Crippen molar-refractivity contribution in [2.45, 2.75) is 13.0 Å². The molecule has 0 bridgehead atoms. The second-order valence-corrected chi connectivity index (χ2v) is 8.02. The van der Waals surface area contributed by atoms with E-state index in [0.717, 1.165) is 23.5 Å². The Morgan fingerprint density at radius 3 is 2.47 bits per heavy atom. The van der Waals surface area contributed by atoms with Gasteiger partial charge in [-0.2, -0.15) is 0 Å². The summed E-state index contributed by atoms with van der Waals surface area (Å²) in [5.74, 6) is -2.52. The zero-order valence-electron chi connectivity index (χ0n) is 17.3. The molecule has 2 heterocycles. The molecule has 0 aliphatic carbocycles. The standard InChI is InChI=1S/C22H18FN3O5S/c1-11-24-25-22(32-11)26-18(13-6-4-5-7-15(13)30-2)17(20(28)21(26)29)19(27)14-10-12(23)8-9-16(14)31-3/h4-10,18,27H,1-3H3/b19-17+. The van der Waals surface area contributed by atoms with E-state index in [0.29, 0.717) is 16.3 Å². The number of rotatable bonds is 5. The first kappa shape index (κ1) is 21.4. The molecule has 0 saturated carbocycles. The lowest BCUT2D eigenvalue weighted by Crippen LogP contribution is -2.29. The first-order valence-electron chi connectivity index (χ1n) is 9.45. The number of methoxy groups -OCH3 is 2. The van der Waals surface area contributed by atoms with Crippen molar-refractivity contribution in [2.24, 2.45) is 0 Å². The zero-order chi connectivity index (χ0) is 23.0. The van der Waals surface area contributed by atoms with Crippen LogP contribution in [0.25, 0.3) is 5.76 Å². The first-order chi connectivity index (χ1) is 15.4. The van der Waals surface area contributed by atoms with Gasteiger partial charge in [0.05, 0.1) is 25.4 Å². The lowest BCUT2D eigenvalue weighted by Gasteiger charge is -2.24. The van der Waals surface area contributed by atoms with Crippen molar-refractivity contribution in [3.63, 3.8) is 0 Å². The fraction of sp³-hybridized carbons (Fsp3) is 0.182. The maximum Gasteiger partial charge on any atom is 0.301 e. The van der Waals surface area contributed by atoms with E-state index >= 15 is 0 Å². The Morgan fingerprint density at radius 2 is 1.81 bits per heavy atom. The Hall–Kier alpha value is -3.79. The van der Waals surface area contributed by atoms with Gasteiger partial charge >= 0.3 is 5.91 Å². The van der Waals surface area contributed by atoms with Crippen molar-refractivity contribution in [1.29, 1.82) is 0 Å². The van der Waals surface area contributed by atoms with E-state index in [4.69, 9.17) is 9.47 Å². The Labute approximate surface area is 186 Å². The second kappa shape index (κ2) is 8.39. The summed E-state index contributed by atoms with van der Waals surface area (Å²) in [5, 5.41) is 19.9. The van der Waals surface area contributed by atoms with E-state index in [1.807, 2.05) is 0 Å². The molecule has 1 unspecified atom stereocenters. The zero-order valence-corrected chi connectivity index (χ0v) is 18.1. The molecule has 1 amide bonds. The quantitative estimate of drug-likeness (QED) is 0.356. The summed E-state index contributed by atoms with van der Waals surface area (Å²) in [7, 11) is 2.81. The molecule has 32 heavy (non-hydrogen) atoms. The highest BCUT2D eigenvalue weighted by Gasteiger charge is 2.49. The summed E-state index contributed by atoms with van der Waals surface area (Å²) in [6, 6.07) is 9.24. The fourth-order valence-corrected chi connectivity index (χ4v) is 4.32. The number of halogens is 1. The minimum Gasteiger partial charge on any atom is -0.507 e. The lowest BCUT2D eigenvalue weighted by atomic mass is 9.94. The Balaban J connectivity index is 2.02. The predicted octanol–water partition coefficient (Wildman–Crippen LogP) is 3.63. The minimum absolute atomic E-state index is 0.0566. The molecule has 2 aromatic carbocycles. The molecule has 0 spiro atoms. The Kier molecular flexibility index (Phi) is 5.62. The number of carbonyl (C=O) groups excluding carboxylic acids is 2. The third kappa shape index (κ3) is 3.48. The summed E-state index contributed by atoms with van der Waals surface area (Å²) >= 11 is 1.12. The van der Waals surface area contributed by atoms with Crippen molar-refractivity contribution >= 4 is 33.9 Å². The topological polar surface area (TPSA) is 102 Å². The molecule has 1 saturated heterocycles. The van der Waals surface area contributed by atoms with Gasteiger partial charge in [-0.3, -0.25) is 14.5 Å². The van der Waals surface area contributed by atoms with Crippen LogP contribution in [0, 0.1) is 12.7 Å². The van der Waals surface area contributed by atoms with Gasteiger partial charge in [0.25, 0.3) is 5.78 Å². The van der Waals surface area contributed by atoms with E-state index in [1.165, 1.54) is 25.2 Å². The van der Waals surface area contributed by atoms with Gasteiger partial charge in [0.2, 0.25) is 5.13 Å². The summed E-state index contributed by atoms with van der Waals surface area (Å²) in [6.07, 6.45) is 0. The number of Topliss-reactive ketones (excluding diaryl/α,β-unsaturated/α-hetero) is 1. The van der Waals surface area contributed by atoms with Crippen molar-refractivity contribution in [3.05, 3.63) is 70.0 Å². The van der Waals surface area contributed by atoms with Crippen LogP contribution in [-0.4, -0.2) is 41.2 Å². The van der Waals surface area contributed by atoms with Crippen LogP contribution in [0.15, 0.2) is 48.0 Å². The normalized spacial score (nSPS) is 17.6. The highest BCUT2D eigenvalue weighted by molar-refractivity contribution is 7.15. The smallest absolute Gasteiger partial charge is 0.301 e. The Bertz CT molecular complexity index is 1260. The number of aryl methyl sites for hydroxylation is 1. The van der Waals surface area contributed by atoms with Crippen molar-refractivity contribution in [2.75, 3.05) is 19.1 Å². The van der Waals surface area contributed by atoms with Gasteiger partial charge in [0.1, 0.15) is 34.1 Å². The maximum atomic E-state index is 14.0. The monoisotopic (exact) mass is 455 g/mol. The van der Waals surface area contributed by atoms with E-state index < -0.39 is 29.3 Å². The lowest BCUT2D eigenvalue weighted by molar-refractivity contribution is -0.132. The van der Waals surface area contributed by atoms with Crippen LogP contribution in [0.2, 0.25) is 0 Å². The number of hydrogen-bond acceptors (Lipinski definition) is 8. The average Bonchev–Trinajstić information content (AvgIpc) is 3.33. The maximum absolute atomic E-state index is 14.0. The van der Waals surface area contributed by atoms with Crippen LogP contribution in [-0.2, 0) is 9.59 Å². The third-order valence-corrected chi connectivity index (χ3v) is 5.85. The number of amides is 1. The van der Waals surface area contributed by atoms with Gasteiger partial charge in [0.15, 0.2) is 0 Å². The summed E-state index contributed by atoms with van der Waals surface area (Å²) < 4.78 is 24.7. The number of aliphatic hydroxyl groups excluding tert-OH is 1. The summed E-state index contributed by atoms with van der Waals surface area (Å²) in [5.41, 5.74) is 0.147. The van der Waals surface area contributed by atoms with Crippen molar-refractivity contribution in [1.82, 2.24) is 10.2 Å². The number of benzene rings is 2. The second-order valence-electron chi connectivity index (χ2n) is 6.86. The molecule has 164 valence electrons. The van der Waals surface area contributed by atoms with Gasteiger partial charge in [-0.1, -0.05) is 29.5 Å². The number of para-hydroxylation sites is 1. The number of nitrogens with zero attached hydrogens (tertiary/aromatic N) is 3. The van der Waals surface area contributed by atoms with Gasteiger partial charge in [-0.05, 0) is 31.2 Å². The highest BCUT2D eigenvalue weighted by Crippen LogP contribution is 2.46. The number of ketones is 1. The SMILES string of the molecule is COc1ccc(F)cc1/C(O)=C1\C(=O)C(=O)N(c2nnc(C)s2)C1c1ccccc1OC. The van der Waals surface area contributed by atoms with Gasteiger partial charge < -0.3 is 14.6 Å². The molecule has 10 heteroatoms. The number of aromatic nitrogens is 2. The molecular formula is C22H18FN3O5S. The summed E-state index contributed by atoms with van der Waals surface area (Å²) in [6.45, 7) is 1.72. The van der Waals surface area contributed by atoms with E-state index in [9.17, 15) is 19.1 Å². The number of aliphatic hydroxyl groups is 1. The van der Waals surface area contributed by atoms with Gasteiger partial charge in [-0.15, -0.1) is 10.2 Å². The van der Waals surface area contributed by atoms with Crippen LogP contribution >= 0.6 is 11.3 Å². The largest absolute Gasteiger partial charge is 0.507 e. The predicted molar refractivity (Wildman–Crippen MR) is 115 cm³/mol. The van der Waals surface area contributed by atoms with Crippen LogP contribution in [0.4, 0.5) is 9.52 Å². The minimum atomic E-state index is -1.08. The third-order valence-electron chi connectivity index (χ3n) is 5.02. The Morgan fingerprint density at radius 1 is 1.09 bits per heavy atom. The van der Waals surface area contributed by atoms with Crippen LogP contribution in [0.5, 0.6) is 11.5 Å². The molecular weight excluding hydrogens is 437 g/mol. The van der Waals surface area contributed by atoms with Gasteiger partial charge in [-0.25, -0.2) is 4.39 Å². The molecule has 1 aliphatic rings. The van der Waals surface area contributed by atoms with E-state index in [2.05, 4.69) is 10.2 Å². The van der Waals surface area contributed by atoms with Crippen LogP contribution in [0.1, 0.15) is 22.2 Å². The fourth-order valence-electron chi connectivity index (χ4n) is 3.61. The van der Waals surface area contributed by atoms with Crippen molar-refractivity contribution < 1.29 is 28.6 Å². The molecule has 3 aromatic rings. The van der Waals surface area contributed by atoms with Crippen molar-refractivity contribution in [3.8, 4) is 11.5 Å². The van der Waals surface area contributed by atoms with Gasteiger partial charge in [0, 0.05) is 5.56 Å². The average molecular weight is 455 g/mol. The molecule has 1 N–H and O–H groups in total. The van der Waals surface area contributed by atoms with E-state index in [1.54, 1.807) is 31.2 Å². The molecule has 1 aliphatic heterocycles. The number of ether oxygens (including phenoxy) is 2. The van der Waals surface area contributed by atoms with Crippen LogP contribution < -0.4 is 14.4 Å². The molecule has 1 fully saturated rings. The number of carbonyl (C=O) groups is 2. The summed E-state index contributed by atoms with van der Waals surface area (Å²) in [4.78, 5) is 27.4. The van der Waals surface area contributed by atoms with E-state index in [-0.39, 0.29) is 22.0 Å². The molecule has 1 atom stereocenters. The number of anilines is 1. The van der Waals surface area contributed by atoms with Crippen LogP contribution in [0.3, 0.4) is 0 Å².